The van der Waals surface area contributed by atoms with Gasteiger partial charge in [-0.2, -0.15) is 9.49 Å². The zero-order valence-corrected chi connectivity index (χ0v) is 31.8. The number of methoxy groups -OCH3 is 1. The van der Waals surface area contributed by atoms with Crippen molar-refractivity contribution >= 4 is 35.9 Å². The first kappa shape index (κ1) is 50.7. The molecule has 312 valence electrons. The van der Waals surface area contributed by atoms with Crippen LogP contribution in [0.4, 0.5) is 17.6 Å². The highest BCUT2D eigenvalue weighted by molar-refractivity contribution is 6.31. The van der Waals surface area contributed by atoms with E-state index < -0.39 is 46.4 Å². The number of imide groups is 1. The molecule has 20 heteroatoms. The van der Waals surface area contributed by atoms with Crippen LogP contribution >= 0.6 is 0 Å². The second kappa shape index (κ2) is 33.0. The number of amides is 3. The van der Waals surface area contributed by atoms with Gasteiger partial charge in [-0.25, -0.2) is 13.2 Å². The minimum absolute atomic E-state index is 0.0444. The van der Waals surface area contributed by atoms with Gasteiger partial charge in [-0.3, -0.25) is 24.3 Å². The predicted molar refractivity (Wildman–Crippen MR) is 193 cm³/mol. The van der Waals surface area contributed by atoms with Crippen molar-refractivity contribution in [2.24, 2.45) is 15.9 Å². The lowest BCUT2D eigenvalue weighted by Gasteiger charge is -2.13. The number of ether oxygens (including phenoxy) is 7. The van der Waals surface area contributed by atoms with Crippen molar-refractivity contribution in [1.29, 1.82) is 0 Å². The SMILES string of the molecule is CC.COc1c(F)c(C)c(F)c(F)c1F.N/N=C(\C=NCCOCCOCCC=O)COCCOCCOCCOCCNC(=O)CCN1C(=O)C=CC1=O. The molecule has 16 nitrogen and oxygen atoms in total. The van der Waals surface area contributed by atoms with E-state index in [0.717, 1.165) is 25.2 Å². The van der Waals surface area contributed by atoms with Gasteiger partial charge in [-0.15, -0.1) is 0 Å². The molecule has 0 radical (unpaired) electrons. The van der Waals surface area contributed by atoms with Gasteiger partial charge in [0.25, 0.3) is 11.8 Å². The summed E-state index contributed by atoms with van der Waals surface area (Å²) in [6.07, 6.45) is 5.15. The molecule has 1 aromatic carbocycles. The van der Waals surface area contributed by atoms with Crippen molar-refractivity contribution in [3.05, 3.63) is 41.0 Å². The molecule has 3 amide bonds. The number of aliphatic imine (C=N–C) groups is 1. The van der Waals surface area contributed by atoms with Gasteiger partial charge in [0, 0.05) is 49.9 Å². The summed E-state index contributed by atoms with van der Waals surface area (Å²) in [6, 6.07) is 0. The summed E-state index contributed by atoms with van der Waals surface area (Å²) >= 11 is 0. The summed E-state index contributed by atoms with van der Waals surface area (Å²) in [7, 11) is 0.971. The number of nitrogens with one attached hydrogen (secondary N) is 1. The highest BCUT2D eigenvalue weighted by Crippen LogP contribution is 2.28. The number of carbonyl (C=O) groups excluding carboxylic acids is 4. The summed E-state index contributed by atoms with van der Waals surface area (Å²) < 4.78 is 87.4. The second-order valence-corrected chi connectivity index (χ2v) is 10.4. The topological polar surface area (TPSA) is 199 Å². The number of rotatable bonds is 28. The van der Waals surface area contributed by atoms with E-state index in [0.29, 0.717) is 97.9 Å². The molecule has 0 saturated heterocycles. The van der Waals surface area contributed by atoms with Crippen LogP contribution in [0.15, 0.2) is 22.2 Å². The molecule has 1 aliphatic heterocycles. The van der Waals surface area contributed by atoms with Crippen LogP contribution in [0.2, 0.25) is 0 Å². The lowest BCUT2D eigenvalue weighted by Crippen LogP contribution is -2.35. The Hall–Kier alpha value is -4.34. The minimum atomic E-state index is -1.73. The standard InChI is InChI=1S/C25H41N5O10.C8H6F4O.C2H6/c26-29-22(20-27-5-10-36-13-12-35-9-1-8-31)21-40-19-18-39-17-16-38-15-14-37-11-6-28-23(32)4-7-30-24(33)2-3-25(30)34;1-3-4(9)6(11)7(12)8(13-2)5(3)10;1-2/h2-3,8,20H,1,4-7,9-19,21,26H2,(H,28,32);1-2H3;1-2H3/b27-20?,29-22+;;. The van der Waals surface area contributed by atoms with E-state index in [2.05, 4.69) is 20.1 Å². The van der Waals surface area contributed by atoms with Crippen LogP contribution in [0.1, 0.15) is 32.3 Å². The Balaban J connectivity index is 0.00000162. The van der Waals surface area contributed by atoms with E-state index in [-0.39, 0.29) is 25.5 Å². The normalized spacial score (nSPS) is 12.4. The quantitative estimate of drug-likeness (QED) is 0.0144. The Morgan fingerprint density at radius 1 is 0.782 bits per heavy atom. The summed E-state index contributed by atoms with van der Waals surface area (Å²) in [5, 5.41) is 6.29. The molecular formula is C35H53F4N5O11. The van der Waals surface area contributed by atoms with Crippen molar-refractivity contribution in [2.75, 3.05) is 106 Å². The Kier molecular flexibility index (Phi) is 30.4. The first-order chi connectivity index (χ1) is 26.6. The molecule has 1 aromatic rings. The Bertz CT molecular complexity index is 1320. The fraction of sp³-hybridized carbons (Fsp3) is 0.600. The molecule has 0 aliphatic carbocycles. The molecule has 1 heterocycles. The molecule has 0 fully saturated rings. The van der Waals surface area contributed by atoms with Gasteiger partial charge in [-0.1, -0.05) is 13.8 Å². The molecule has 0 aromatic heterocycles. The minimum Gasteiger partial charge on any atom is -0.491 e. The number of hydrogen-bond acceptors (Lipinski definition) is 14. The molecule has 0 saturated carbocycles. The summed E-state index contributed by atoms with van der Waals surface area (Å²) in [5.74, 6) is -2.77. The third kappa shape index (κ3) is 22.6. The van der Waals surface area contributed by atoms with E-state index in [9.17, 15) is 36.7 Å². The van der Waals surface area contributed by atoms with Crippen molar-refractivity contribution < 1.29 is 69.9 Å². The molecule has 0 atom stereocenters. The zero-order chi connectivity index (χ0) is 41.3. The van der Waals surface area contributed by atoms with Gasteiger partial charge in [0.1, 0.15) is 12.0 Å². The van der Waals surface area contributed by atoms with Crippen molar-refractivity contribution in [1.82, 2.24) is 10.2 Å². The maximum Gasteiger partial charge on any atom is 0.253 e. The monoisotopic (exact) mass is 795 g/mol. The van der Waals surface area contributed by atoms with Gasteiger partial charge in [-0.05, 0) is 6.92 Å². The molecule has 3 N–H and O–H groups in total. The maximum atomic E-state index is 12.9. The largest absolute Gasteiger partial charge is 0.491 e. The molecule has 0 unspecified atom stereocenters. The zero-order valence-electron chi connectivity index (χ0n) is 31.8. The third-order valence-corrected chi connectivity index (χ3v) is 6.57. The first-order valence-electron chi connectivity index (χ1n) is 17.4. The first-order valence-corrected chi connectivity index (χ1v) is 17.4. The fourth-order valence-electron chi connectivity index (χ4n) is 3.80. The highest BCUT2D eigenvalue weighted by Gasteiger charge is 2.24. The van der Waals surface area contributed by atoms with Crippen LogP contribution < -0.4 is 15.9 Å². The van der Waals surface area contributed by atoms with Crippen LogP contribution in [0.25, 0.3) is 0 Å². The number of aldehydes is 1. The summed E-state index contributed by atoms with van der Waals surface area (Å²) in [5.41, 5.74) is -0.108. The van der Waals surface area contributed by atoms with E-state index in [4.69, 9.17) is 34.3 Å². The second-order valence-electron chi connectivity index (χ2n) is 10.4. The number of nitrogens with two attached hydrogens (primary N) is 1. The van der Waals surface area contributed by atoms with Gasteiger partial charge < -0.3 is 49.1 Å². The fourth-order valence-corrected chi connectivity index (χ4v) is 3.80. The van der Waals surface area contributed by atoms with Crippen molar-refractivity contribution in [3.8, 4) is 5.75 Å². The van der Waals surface area contributed by atoms with Gasteiger partial charge >= 0.3 is 0 Å². The average molecular weight is 796 g/mol. The van der Waals surface area contributed by atoms with Crippen LogP contribution in [0.3, 0.4) is 0 Å². The average Bonchev–Trinajstić information content (AvgIpc) is 3.52. The van der Waals surface area contributed by atoms with Crippen molar-refractivity contribution in [2.45, 2.75) is 33.6 Å². The number of hydrazone groups is 1. The molecule has 1 aliphatic rings. The number of halogens is 4. The summed E-state index contributed by atoms with van der Waals surface area (Å²) in [6.45, 7) is 10.3. The van der Waals surface area contributed by atoms with Gasteiger partial charge in [0.05, 0.1) is 92.9 Å². The smallest absolute Gasteiger partial charge is 0.253 e. The van der Waals surface area contributed by atoms with Crippen LogP contribution in [-0.4, -0.2) is 147 Å². The van der Waals surface area contributed by atoms with Crippen LogP contribution in [-0.2, 0) is 47.6 Å². The third-order valence-electron chi connectivity index (χ3n) is 6.57. The van der Waals surface area contributed by atoms with Gasteiger partial charge in [0.2, 0.25) is 11.7 Å². The lowest BCUT2D eigenvalue weighted by molar-refractivity contribution is -0.137. The molecule has 55 heavy (non-hydrogen) atoms. The predicted octanol–water partition coefficient (Wildman–Crippen LogP) is 2.08. The molecule has 0 bridgehead atoms. The number of benzene rings is 1. The van der Waals surface area contributed by atoms with Crippen LogP contribution in [0.5, 0.6) is 5.75 Å². The summed E-state index contributed by atoms with van der Waals surface area (Å²) in [4.78, 5) is 49.9. The van der Waals surface area contributed by atoms with Crippen molar-refractivity contribution in [3.63, 3.8) is 0 Å². The Morgan fingerprint density at radius 2 is 1.31 bits per heavy atom. The number of hydrogen-bond donors (Lipinski definition) is 2. The number of nitrogens with zero attached hydrogens (tertiary/aromatic N) is 3. The van der Waals surface area contributed by atoms with E-state index >= 15 is 0 Å². The maximum absolute atomic E-state index is 12.9. The molecule has 2 rings (SSSR count). The molecule has 0 spiro atoms. The van der Waals surface area contributed by atoms with Crippen LogP contribution in [0, 0.1) is 30.2 Å². The van der Waals surface area contributed by atoms with E-state index in [1.54, 1.807) is 0 Å². The Labute approximate surface area is 318 Å². The van der Waals surface area contributed by atoms with E-state index in [1.165, 1.54) is 18.4 Å². The Morgan fingerprint density at radius 3 is 1.85 bits per heavy atom. The lowest BCUT2D eigenvalue weighted by atomic mass is 10.2. The highest BCUT2D eigenvalue weighted by atomic mass is 19.2. The molecular weight excluding hydrogens is 742 g/mol. The number of carbonyl (C=O) groups is 4. The van der Waals surface area contributed by atoms with Gasteiger partial charge in [0.15, 0.2) is 23.2 Å². The van der Waals surface area contributed by atoms with E-state index in [1.807, 2.05) is 13.8 Å².